The quantitative estimate of drug-likeness (QED) is 0.854. The van der Waals surface area contributed by atoms with Crippen LogP contribution in [0.1, 0.15) is 12.2 Å². The highest BCUT2D eigenvalue weighted by Crippen LogP contribution is 2.18. The van der Waals surface area contributed by atoms with Crippen molar-refractivity contribution in [1.29, 1.82) is 0 Å². The number of alkyl halides is 2. The molecule has 2 rings (SSSR count). The minimum Gasteiger partial charge on any atom is -0.368 e. The van der Waals surface area contributed by atoms with Crippen LogP contribution in [0.15, 0.2) is 24.3 Å². The van der Waals surface area contributed by atoms with Gasteiger partial charge in [0.2, 0.25) is 11.8 Å². The predicted molar refractivity (Wildman–Crippen MR) is 50.7 cm³/mol. The van der Waals surface area contributed by atoms with Crippen LogP contribution < -0.4 is 5.73 Å². The van der Waals surface area contributed by atoms with Gasteiger partial charge in [-0.05, 0) is 24.3 Å². The van der Waals surface area contributed by atoms with E-state index in [0.717, 1.165) is 4.68 Å². The largest absolute Gasteiger partial charge is 0.368 e. The molecule has 1 aromatic carbocycles. The van der Waals surface area contributed by atoms with Gasteiger partial charge in [-0.25, -0.2) is 13.2 Å². The van der Waals surface area contributed by atoms with Crippen LogP contribution in [0, 0.1) is 5.82 Å². The van der Waals surface area contributed by atoms with E-state index >= 15 is 0 Å². The zero-order valence-electron chi connectivity index (χ0n) is 7.94. The topological polar surface area (TPSA) is 56.7 Å². The molecular weight excluding hydrogens is 221 g/mol. The maximum atomic E-state index is 12.6. The van der Waals surface area contributed by atoms with Crippen LogP contribution in [-0.4, -0.2) is 14.8 Å². The van der Waals surface area contributed by atoms with Crippen molar-refractivity contribution < 1.29 is 13.2 Å². The molecule has 0 aliphatic heterocycles. The van der Waals surface area contributed by atoms with Crippen LogP contribution in [0.4, 0.5) is 19.1 Å². The Bertz CT molecular complexity index is 492. The number of nitrogens with zero attached hydrogens (tertiary/aromatic N) is 3. The molecule has 1 heterocycles. The first kappa shape index (κ1) is 10.5. The Labute approximate surface area is 88.5 Å². The summed E-state index contributed by atoms with van der Waals surface area (Å²) in [7, 11) is 0. The monoisotopic (exact) mass is 228 g/mol. The SMILES string of the molecule is Nc1nc(C(F)F)nn1-c1ccc(F)cc1. The van der Waals surface area contributed by atoms with Crippen molar-refractivity contribution in [2.75, 3.05) is 5.73 Å². The molecule has 0 bridgehead atoms. The Balaban J connectivity index is 2.44. The van der Waals surface area contributed by atoms with Crippen LogP contribution in [0.25, 0.3) is 5.69 Å². The molecular formula is C9H7F3N4. The van der Waals surface area contributed by atoms with Crippen LogP contribution in [0.5, 0.6) is 0 Å². The van der Waals surface area contributed by atoms with Gasteiger partial charge < -0.3 is 5.73 Å². The highest BCUT2D eigenvalue weighted by Gasteiger charge is 2.16. The number of nitrogens with two attached hydrogens (primary N) is 1. The van der Waals surface area contributed by atoms with Crippen LogP contribution in [0.2, 0.25) is 0 Å². The number of halogens is 3. The molecule has 0 saturated carbocycles. The average Bonchev–Trinajstić information content (AvgIpc) is 2.62. The third kappa shape index (κ3) is 1.83. The zero-order valence-corrected chi connectivity index (χ0v) is 7.94. The number of hydrogen-bond acceptors (Lipinski definition) is 3. The molecule has 0 fully saturated rings. The minimum absolute atomic E-state index is 0.165. The van der Waals surface area contributed by atoms with Gasteiger partial charge in [-0.15, -0.1) is 5.10 Å². The Hall–Kier alpha value is -2.05. The highest BCUT2D eigenvalue weighted by atomic mass is 19.3. The first-order valence-corrected chi connectivity index (χ1v) is 4.34. The lowest BCUT2D eigenvalue weighted by Gasteiger charge is -2.01. The summed E-state index contributed by atoms with van der Waals surface area (Å²) in [5, 5.41) is 3.52. The lowest BCUT2D eigenvalue weighted by atomic mass is 10.3. The molecule has 0 aliphatic rings. The smallest absolute Gasteiger partial charge is 0.299 e. The third-order valence-electron chi connectivity index (χ3n) is 1.91. The fourth-order valence-electron chi connectivity index (χ4n) is 1.21. The number of aromatic nitrogens is 3. The summed E-state index contributed by atoms with van der Waals surface area (Å²) in [5.74, 6) is -1.25. The first-order valence-electron chi connectivity index (χ1n) is 4.34. The zero-order chi connectivity index (χ0) is 11.7. The molecule has 0 amide bonds. The summed E-state index contributed by atoms with van der Waals surface area (Å²) >= 11 is 0. The molecule has 2 aromatic rings. The number of hydrogen-bond donors (Lipinski definition) is 1. The molecule has 0 atom stereocenters. The van der Waals surface area contributed by atoms with E-state index in [1.807, 2.05) is 0 Å². The number of benzene rings is 1. The standard InChI is InChI=1S/C9H7F3N4/c10-5-1-3-6(4-2-5)16-9(13)14-8(15-16)7(11)12/h1-4,7H,(H2,13,14,15). The Kier molecular flexibility index (Phi) is 2.51. The van der Waals surface area contributed by atoms with Gasteiger partial charge in [-0.3, -0.25) is 0 Å². The van der Waals surface area contributed by atoms with E-state index in [9.17, 15) is 13.2 Å². The van der Waals surface area contributed by atoms with Crippen LogP contribution >= 0.6 is 0 Å². The molecule has 16 heavy (non-hydrogen) atoms. The van der Waals surface area contributed by atoms with E-state index < -0.39 is 18.1 Å². The third-order valence-corrected chi connectivity index (χ3v) is 1.91. The second kappa shape index (κ2) is 3.84. The molecule has 0 radical (unpaired) electrons. The molecule has 0 aliphatic carbocycles. The van der Waals surface area contributed by atoms with Gasteiger partial charge in [-0.2, -0.15) is 9.67 Å². The lowest BCUT2D eigenvalue weighted by molar-refractivity contribution is 0.140. The maximum Gasteiger partial charge on any atom is 0.299 e. The fourth-order valence-corrected chi connectivity index (χ4v) is 1.21. The predicted octanol–water partition coefficient (Wildman–Crippen LogP) is 1.93. The van der Waals surface area contributed by atoms with Crippen LogP contribution in [0.3, 0.4) is 0 Å². The molecule has 2 N–H and O–H groups in total. The van der Waals surface area contributed by atoms with Crippen molar-refractivity contribution in [2.45, 2.75) is 6.43 Å². The second-order valence-corrected chi connectivity index (χ2v) is 3.02. The van der Waals surface area contributed by atoms with Crippen molar-refractivity contribution in [2.24, 2.45) is 0 Å². The molecule has 0 unspecified atom stereocenters. The summed E-state index contributed by atoms with van der Waals surface area (Å²) < 4.78 is 38.2. The van der Waals surface area contributed by atoms with Gasteiger partial charge >= 0.3 is 0 Å². The van der Waals surface area contributed by atoms with E-state index in [4.69, 9.17) is 5.73 Å². The summed E-state index contributed by atoms with van der Waals surface area (Å²) in [4.78, 5) is 3.39. The maximum absolute atomic E-state index is 12.6. The summed E-state index contributed by atoms with van der Waals surface area (Å²) in [6.45, 7) is 0. The molecule has 1 aromatic heterocycles. The summed E-state index contributed by atoms with van der Waals surface area (Å²) in [6.07, 6.45) is -2.79. The Morgan fingerprint density at radius 1 is 1.19 bits per heavy atom. The normalized spacial score (nSPS) is 11.0. The summed E-state index contributed by atoms with van der Waals surface area (Å²) in [6, 6.07) is 5.10. The molecule has 0 saturated heterocycles. The van der Waals surface area contributed by atoms with Crippen molar-refractivity contribution in [3.63, 3.8) is 0 Å². The van der Waals surface area contributed by atoms with E-state index in [2.05, 4.69) is 10.1 Å². The van der Waals surface area contributed by atoms with Gasteiger partial charge in [0.25, 0.3) is 6.43 Å². The van der Waals surface area contributed by atoms with E-state index in [1.54, 1.807) is 0 Å². The van der Waals surface area contributed by atoms with Gasteiger partial charge in [0, 0.05) is 0 Å². The molecule has 84 valence electrons. The second-order valence-electron chi connectivity index (χ2n) is 3.02. The van der Waals surface area contributed by atoms with Gasteiger partial charge in [0.1, 0.15) is 5.82 Å². The van der Waals surface area contributed by atoms with E-state index in [1.165, 1.54) is 24.3 Å². The van der Waals surface area contributed by atoms with Gasteiger partial charge in [0.15, 0.2) is 0 Å². The average molecular weight is 228 g/mol. The minimum atomic E-state index is -2.79. The summed E-state index contributed by atoms with van der Waals surface area (Å²) in [5.41, 5.74) is 5.78. The van der Waals surface area contributed by atoms with Crippen molar-refractivity contribution >= 4 is 5.95 Å². The Morgan fingerprint density at radius 2 is 1.81 bits per heavy atom. The van der Waals surface area contributed by atoms with Gasteiger partial charge in [0.05, 0.1) is 5.69 Å². The number of anilines is 1. The number of nitrogen functional groups attached to an aromatic ring is 1. The van der Waals surface area contributed by atoms with E-state index in [-0.39, 0.29) is 5.95 Å². The molecule has 0 spiro atoms. The van der Waals surface area contributed by atoms with Gasteiger partial charge in [-0.1, -0.05) is 0 Å². The van der Waals surface area contributed by atoms with Crippen molar-refractivity contribution in [3.8, 4) is 5.69 Å². The van der Waals surface area contributed by atoms with Crippen LogP contribution in [-0.2, 0) is 0 Å². The lowest BCUT2D eigenvalue weighted by Crippen LogP contribution is -2.02. The van der Waals surface area contributed by atoms with Crippen molar-refractivity contribution in [1.82, 2.24) is 14.8 Å². The van der Waals surface area contributed by atoms with Crippen molar-refractivity contribution in [3.05, 3.63) is 35.9 Å². The fraction of sp³-hybridized carbons (Fsp3) is 0.111. The highest BCUT2D eigenvalue weighted by molar-refractivity contribution is 5.37. The van der Waals surface area contributed by atoms with E-state index in [0.29, 0.717) is 5.69 Å². The molecule has 7 heteroatoms. The Morgan fingerprint density at radius 3 is 2.31 bits per heavy atom. The first-order chi connectivity index (χ1) is 7.58. The molecule has 4 nitrogen and oxygen atoms in total. The number of rotatable bonds is 2.